The Bertz CT molecular complexity index is 1030. The lowest BCUT2D eigenvalue weighted by Gasteiger charge is -2.11. The van der Waals surface area contributed by atoms with Gasteiger partial charge >= 0.3 is 0 Å². The van der Waals surface area contributed by atoms with Gasteiger partial charge in [0.05, 0.1) is 5.52 Å². The van der Waals surface area contributed by atoms with Gasteiger partial charge in [-0.1, -0.05) is 61.5 Å². The van der Waals surface area contributed by atoms with E-state index in [-0.39, 0.29) is 0 Å². The molecule has 4 aromatic rings. The fourth-order valence-electron chi connectivity index (χ4n) is 3.36. The molecule has 0 saturated heterocycles. The van der Waals surface area contributed by atoms with Crippen LogP contribution in [0.1, 0.15) is 18.2 Å². The van der Waals surface area contributed by atoms with E-state index in [9.17, 15) is 0 Å². The Morgan fingerprint density at radius 3 is 2.28 bits per heavy atom. The third kappa shape index (κ3) is 3.06. The maximum Gasteiger partial charge on any atom is 0.0711 e. The number of hydrogen-bond donors (Lipinski definition) is 0. The van der Waals surface area contributed by atoms with Crippen molar-refractivity contribution in [3.05, 3.63) is 90.1 Å². The highest BCUT2D eigenvalue weighted by Crippen LogP contribution is 2.32. The second-order valence-electron chi connectivity index (χ2n) is 6.46. The third-order valence-corrected chi connectivity index (χ3v) is 4.69. The summed E-state index contributed by atoms with van der Waals surface area (Å²) in [4.78, 5) is 4.72. The standard InChI is InChI=1S/C24H21N/c1-3-18-12-13-24-23(15-18)22(14-17(2)25-24)21-11-7-10-20(16-21)19-8-5-4-6-9-19/h4-16H,3H2,1-2H3. The van der Waals surface area contributed by atoms with E-state index < -0.39 is 0 Å². The third-order valence-electron chi connectivity index (χ3n) is 4.69. The van der Waals surface area contributed by atoms with Crippen molar-refractivity contribution in [2.45, 2.75) is 20.3 Å². The number of nitrogens with zero attached hydrogens (tertiary/aromatic N) is 1. The molecule has 3 aromatic carbocycles. The molecule has 0 radical (unpaired) electrons. The van der Waals surface area contributed by atoms with Crippen LogP contribution in [0, 0.1) is 6.92 Å². The molecule has 0 N–H and O–H groups in total. The molecule has 1 heterocycles. The van der Waals surface area contributed by atoms with Crippen LogP contribution < -0.4 is 0 Å². The quantitative estimate of drug-likeness (QED) is 0.423. The first kappa shape index (κ1) is 15.6. The fourth-order valence-corrected chi connectivity index (χ4v) is 3.36. The Morgan fingerprint density at radius 2 is 1.48 bits per heavy atom. The van der Waals surface area contributed by atoms with Crippen molar-refractivity contribution in [2.75, 3.05) is 0 Å². The average molecular weight is 323 g/mol. The number of aryl methyl sites for hydroxylation is 2. The predicted octanol–water partition coefficient (Wildman–Crippen LogP) is 6.44. The zero-order valence-electron chi connectivity index (χ0n) is 14.7. The van der Waals surface area contributed by atoms with Gasteiger partial charge in [-0.15, -0.1) is 0 Å². The van der Waals surface area contributed by atoms with Crippen LogP contribution in [0.3, 0.4) is 0 Å². The summed E-state index contributed by atoms with van der Waals surface area (Å²) >= 11 is 0. The zero-order valence-corrected chi connectivity index (χ0v) is 14.7. The van der Waals surface area contributed by atoms with Crippen molar-refractivity contribution in [1.82, 2.24) is 4.98 Å². The average Bonchev–Trinajstić information content (AvgIpc) is 2.68. The molecule has 0 aliphatic heterocycles. The van der Waals surface area contributed by atoms with Gasteiger partial charge in [-0.2, -0.15) is 0 Å². The summed E-state index contributed by atoms with van der Waals surface area (Å²) in [6, 6.07) is 28.1. The van der Waals surface area contributed by atoms with Crippen LogP contribution in [0.15, 0.2) is 78.9 Å². The molecule has 0 atom stereocenters. The highest BCUT2D eigenvalue weighted by atomic mass is 14.7. The molecule has 25 heavy (non-hydrogen) atoms. The second-order valence-corrected chi connectivity index (χ2v) is 6.46. The SMILES string of the molecule is CCc1ccc2nc(C)cc(-c3cccc(-c4ccccc4)c3)c2c1. The summed E-state index contributed by atoms with van der Waals surface area (Å²) < 4.78 is 0. The molecule has 0 bridgehead atoms. The maximum absolute atomic E-state index is 4.72. The molecule has 1 aromatic heterocycles. The van der Waals surface area contributed by atoms with Gasteiger partial charge in [-0.25, -0.2) is 0 Å². The smallest absolute Gasteiger partial charge is 0.0711 e. The first-order valence-corrected chi connectivity index (χ1v) is 8.81. The summed E-state index contributed by atoms with van der Waals surface area (Å²) in [6.07, 6.45) is 1.04. The predicted molar refractivity (Wildman–Crippen MR) is 107 cm³/mol. The van der Waals surface area contributed by atoms with Gasteiger partial charge in [-0.3, -0.25) is 4.98 Å². The van der Waals surface area contributed by atoms with Crippen LogP contribution in [0.5, 0.6) is 0 Å². The van der Waals surface area contributed by atoms with Crippen molar-refractivity contribution in [1.29, 1.82) is 0 Å². The molecule has 1 heteroatoms. The van der Waals surface area contributed by atoms with Crippen LogP contribution >= 0.6 is 0 Å². The Hall–Kier alpha value is -2.93. The number of pyridine rings is 1. The monoisotopic (exact) mass is 323 g/mol. The van der Waals surface area contributed by atoms with Gasteiger partial charge < -0.3 is 0 Å². The Labute approximate surface area is 149 Å². The lowest BCUT2D eigenvalue weighted by molar-refractivity contribution is 1.14. The van der Waals surface area contributed by atoms with Gasteiger partial charge in [0.2, 0.25) is 0 Å². The normalized spacial score (nSPS) is 11.0. The molecule has 4 rings (SSSR count). The molecule has 0 spiro atoms. The number of aromatic nitrogens is 1. The summed E-state index contributed by atoms with van der Waals surface area (Å²) in [7, 11) is 0. The number of benzene rings is 3. The Balaban J connectivity index is 1.92. The van der Waals surface area contributed by atoms with Crippen molar-refractivity contribution in [2.24, 2.45) is 0 Å². The Kier molecular flexibility index (Phi) is 4.07. The minimum absolute atomic E-state index is 1.04. The van der Waals surface area contributed by atoms with Gasteiger partial charge in [-0.05, 0) is 65.4 Å². The molecule has 0 saturated carbocycles. The molecule has 0 unspecified atom stereocenters. The molecular weight excluding hydrogens is 302 g/mol. The van der Waals surface area contributed by atoms with E-state index in [1.165, 1.54) is 33.2 Å². The molecule has 0 aliphatic rings. The minimum atomic E-state index is 1.04. The molecule has 0 aliphatic carbocycles. The van der Waals surface area contributed by atoms with E-state index in [1.807, 2.05) is 0 Å². The first-order valence-electron chi connectivity index (χ1n) is 8.81. The van der Waals surface area contributed by atoms with E-state index in [0.717, 1.165) is 17.6 Å². The zero-order chi connectivity index (χ0) is 17.2. The fraction of sp³-hybridized carbons (Fsp3) is 0.125. The highest BCUT2D eigenvalue weighted by molar-refractivity contribution is 5.95. The van der Waals surface area contributed by atoms with Gasteiger partial charge in [0.1, 0.15) is 0 Å². The second kappa shape index (κ2) is 6.52. The first-order chi connectivity index (χ1) is 12.2. The highest BCUT2D eigenvalue weighted by Gasteiger charge is 2.08. The van der Waals surface area contributed by atoms with E-state index in [0.29, 0.717) is 0 Å². The molecule has 0 amide bonds. The lowest BCUT2D eigenvalue weighted by Crippen LogP contribution is -1.91. The molecule has 1 nitrogen and oxygen atoms in total. The van der Waals surface area contributed by atoms with Crippen LogP contribution in [0.2, 0.25) is 0 Å². The molecule has 122 valence electrons. The largest absolute Gasteiger partial charge is 0.253 e. The van der Waals surface area contributed by atoms with E-state index in [2.05, 4.69) is 92.7 Å². The van der Waals surface area contributed by atoms with Crippen LogP contribution in [0.4, 0.5) is 0 Å². The number of fused-ring (bicyclic) bond motifs is 1. The Morgan fingerprint density at radius 1 is 0.720 bits per heavy atom. The number of rotatable bonds is 3. The maximum atomic E-state index is 4.72. The minimum Gasteiger partial charge on any atom is -0.253 e. The van der Waals surface area contributed by atoms with E-state index >= 15 is 0 Å². The van der Waals surface area contributed by atoms with Gasteiger partial charge in [0.25, 0.3) is 0 Å². The summed E-state index contributed by atoms with van der Waals surface area (Å²) in [6.45, 7) is 4.26. The summed E-state index contributed by atoms with van der Waals surface area (Å²) in [5.74, 6) is 0. The van der Waals surface area contributed by atoms with Crippen LogP contribution in [-0.4, -0.2) is 4.98 Å². The summed E-state index contributed by atoms with van der Waals surface area (Å²) in [5.41, 5.74) is 8.45. The van der Waals surface area contributed by atoms with Crippen molar-refractivity contribution in [3.63, 3.8) is 0 Å². The lowest BCUT2D eigenvalue weighted by atomic mass is 9.95. The van der Waals surface area contributed by atoms with Gasteiger partial charge in [0, 0.05) is 11.1 Å². The van der Waals surface area contributed by atoms with E-state index in [4.69, 9.17) is 4.98 Å². The van der Waals surface area contributed by atoms with Gasteiger partial charge in [0.15, 0.2) is 0 Å². The van der Waals surface area contributed by atoms with Crippen LogP contribution in [0.25, 0.3) is 33.2 Å². The topological polar surface area (TPSA) is 12.9 Å². The summed E-state index contributed by atoms with van der Waals surface area (Å²) in [5, 5.41) is 1.23. The van der Waals surface area contributed by atoms with Crippen molar-refractivity contribution >= 4 is 10.9 Å². The molecule has 0 fully saturated rings. The van der Waals surface area contributed by atoms with Crippen LogP contribution in [-0.2, 0) is 6.42 Å². The number of hydrogen-bond acceptors (Lipinski definition) is 1. The van der Waals surface area contributed by atoms with Crippen molar-refractivity contribution < 1.29 is 0 Å². The van der Waals surface area contributed by atoms with E-state index in [1.54, 1.807) is 0 Å². The van der Waals surface area contributed by atoms with Crippen molar-refractivity contribution in [3.8, 4) is 22.3 Å². The molecular formula is C24H21N.